The van der Waals surface area contributed by atoms with E-state index >= 15 is 0 Å². The van der Waals surface area contributed by atoms with Gasteiger partial charge in [-0.2, -0.15) is 10.1 Å². The van der Waals surface area contributed by atoms with E-state index in [1.165, 1.54) is 5.56 Å². The first kappa shape index (κ1) is 25.9. The van der Waals surface area contributed by atoms with E-state index in [1.54, 1.807) is 6.20 Å². The van der Waals surface area contributed by atoms with Crippen molar-refractivity contribution in [3.8, 4) is 22.5 Å². The summed E-state index contributed by atoms with van der Waals surface area (Å²) in [6, 6.07) is 8.60. The summed E-state index contributed by atoms with van der Waals surface area (Å²) in [5.74, 6) is 0.926. The molecule has 0 spiro atoms. The fourth-order valence-electron chi connectivity index (χ4n) is 5.43. The predicted molar refractivity (Wildman–Crippen MR) is 152 cm³/mol. The minimum Gasteiger partial charge on any atom is -0.341 e. The van der Waals surface area contributed by atoms with Gasteiger partial charge in [0.15, 0.2) is 11.5 Å². The number of nitrogens with zero attached hydrogens (tertiary/aromatic N) is 6. The minimum atomic E-state index is -0.346. The number of hydrogen-bond donors (Lipinski definition) is 2. The number of carbonyl (C=O) groups excluding carboxylic acids is 1. The highest BCUT2D eigenvalue weighted by molar-refractivity contribution is 5.92. The fraction of sp³-hybridized carbons (Fsp3) is 0.400. The van der Waals surface area contributed by atoms with Crippen molar-refractivity contribution in [2.75, 3.05) is 0 Å². The predicted octanol–water partition coefficient (Wildman–Crippen LogP) is 5.87. The molecule has 1 amide bonds. The molecular weight excluding hydrogens is 504 g/mol. The van der Waals surface area contributed by atoms with Crippen molar-refractivity contribution in [1.29, 1.82) is 0 Å². The Labute approximate surface area is 232 Å². The molecule has 1 aliphatic carbocycles. The molecule has 0 saturated carbocycles. The number of carbonyl (C=O) groups is 1. The number of aromatic amines is 1. The molecule has 1 unspecified atom stereocenters. The van der Waals surface area contributed by atoms with E-state index in [-0.39, 0.29) is 29.3 Å². The maximum absolute atomic E-state index is 12.9. The summed E-state index contributed by atoms with van der Waals surface area (Å²) in [4.78, 5) is 30.1. The molecule has 5 aromatic rings. The SMILES string of the molecule is Cc1c(-c2nc3nccc(-c4ccc5c(c4)CCCC5NC(=O)c4nc(C(C)(C)C)no4)c3[nH]2)cnn1C(C)C. The number of amides is 1. The number of imidazole rings is 1. The van der Waals surface area contributed by atoms with Crippen molar-refractivity contribution in [1.82, 2.24) is 40.2 Å². The van der Waals surface area contributed by atoms with Gasteiger partial charge in [-0.25, -0.2) is 9.97 Å². The summed E-state index contributed by atoms with van der Waals surface area (Å²) < 4.78 is 7.26. The molecule has 2 N–H and O–H groups in total. The molecule has 1 aromatic carbocycles. The Balaban J connectivity index is 1.29. The molecule has 0 fully saturated rings. The smallest absolute Gasteiger partial charge is 0.315 e. The Bertz CT molecular complexity index is 1720. The Morgan fingerprint density at radius 1 is 1.18 bits per heavy atom. The van der Waals surface area contributed by atoms with E-state index < -0.39 is 0 Å². The van der Waals surface area contributed by atoms with Crippen molar-refractivity contribution in [2.24, 2.45) is 0 Å². The third-order valence-corrected chi connectivity index (χ3v) is 7.55. The van der Waals surface area contributed by atoms with Crippen molar-refractivity contribution < 1.29 is 9.32 Å². The molecule has 1 atom stereocenters. The van der Waals surface area contributed by atoms with Crippen LogP contribution in [0.1, 0.15) is 92.9 Å². The van der Waals surface area contributed by atoms with Crippen LogP contribution in [0.5, 0.6) is 0 Å². The third-order valence-electron chi connectivity index (χ3n) is 7.55. The van der Waals surface area contributed by atoms with Gasteiger partial charge >= 0.3 is 11.8 Å². The maximum Gasteiger partial charge on any atom is 0.315 e. The Hall–Kier alpha value is -4.34. The highest BCUT2D eigenvalue weighted by Crippen LogP contribution is 2.35. The minimum absolute atomic E-state index is 0.00271. The van der Waals surface area contributed by atoms with Crippen LogP contribution in [0.15, 0.2) is 41.2 Å². The van der Waals surface area contributed by atoms with Gasteiger partial charge < -0.3 is 14.8 Å². The lowest BCUT2D eigenvalue weighted by molar-refractivity contribution is 0.0888. The zero-order valence-corrected chi connectivity index (χ0v) is 23.7. The van der Waals surface area contributed by atoms with Crippen LogP contribution in [0, 0.1) is 6.92 Å². The summed E-state index contributed by atoms with van der Waals surface area (Å²) in [6.07, 6.45) is 6.42. The number of hydrogen-bond acceptors (Lipinski definition) is 7. The standard InChI is InChI=1S/C30H34N8O2/c1-16(2)38-17(3)22(15-32-38)25-34-24-21(12-13-31-26(24)35-25)19-10-11-20-18(14-19)8-7-9-23(20)33-27(39)28-36-29(37-40-28)30(4,5)6/h10-16,23H,7-9H2,1-6H3,(H,33,39)(H,31,34,35). The lowest BCUT2D eigenvalue weighted by Gasteiger charge is -2.26. The highest BCUT2D eigenvalue weighted by atomic mass is 16.5. The molecule has 6 rings (SSSR count). The number of nitrogens with one attached hydrogen (secondary N) is 2. The molecule has 10 heteroatoms. The van der Waals surface area contributed by atoms with E-state index in [1.807, 2.05) is 37.7 Å². The van der Waals surface area contributed by atoms with Crippen LogP contribution in [0.4, 0.5) is 0 Å². The number of aromatic nitrogens is 7. The summed E-state index contributed by atoms with van der Waals surface area (Å²) >= 11 is 0. The van der Waals surface area contributed by atoms with Gasteiger partial charge in [-0.1, -0.05) is 44.1 Å². The van der Waals surface area contributed by atoms with Crippen molar-refractivity contribution in [3.05, 3.63) is 65.2 Å². The number of benzene rings is 1. The van der Waals surface area contributed by atoms with Crippen LogP contribution in [-0.2, 0) is 11.8 Å². The van der Waals surface area contributed by atoms with Crippen molar-refractivity contribution >= 4 is 17.1 Å². The van der Waals surface area contributed by atoms with E-state index in [9.17, 15) is 4.79 Å². The van der Waals surface area contributed by atoms with Crippen LogP contribution < -0.4 is 5.32 Å². The van der Waals surface area contributed by atoms with Gasteiger partial charge in [0.25, 0.3) is 0 Å². The van der Waals surface area contributed by atoms with E-state index in [2.05, 4.69) is 69.5 Å². The molecule has 40 heavy (non-hydrogen) atoms. The first-order valence-corrected chi connectivity index (χ1v) is 13.8. The molecule has 4 aromatic heterocycles. The summed E-state index contributed by atoms with van der Waals surface area (Å²) in [7, 11) is 0. The molecule has 0 radical (unpaired) electrons. The average molecular weight is 539 g/mol. The number of aryl methyl sites for hydroxylation is 1. The van der Waals surface area contributed by atoms with Gasteiger partial charge in [-0.05, 0) is 62.8 Å². The molecule has 1 aliphatic rings. The molecule has 0 saturated heterocycles. The molecule has 0 bridgehead atoms. The number of H-pyrrole nitrogens is 1. The van der Waals surface area contributed by atoms with Gasteiger partial charge in [0.1, 0.15) is 5.82 Å². The van der Waals surface area contributed by atoms with Crippen molar-refractivity contribution in [2.45, 2.75) is 78.3 Å². The van der Waals surface area contributed by atoms with Crippen LogP contribution in [0.2, 0.25) is 0 Å². The van der Waals surface area contributed by atoms with Gasteiger partial charge in [0.05, 0.1) is 23.3 Å². The van der Waals surface area contributed by atoms with E-state index in [4.69, 9.17) is 9.51 Å². The first-order chi connectivity index (χ1) is 19.1. The fourth-order valence-corrected chi connectivity index (χ4v) is 5.43. The second kappa shape index (κ2) is 9.69. The van der Waals surface area contributed by atoms with Gasteiger partial charge in [0.2, 0.25) is 0 Å². The summed E-state index contributed by atoms with van der Waals surface area (Å²) in [5, 5.41) is 11.6. The Kier molecular flexibility index (Phi) is 6.28. The third kappa shape index (κ3) is 4.57. The molecule has 4 heterocycles. The van der Waals surface area contributed by atoms with Gasteiger partial charge in [-0.3, -0.25) is 9.48 Å². The number of fused-ring (bicyclic) bond motifs is 2. The lowest BCUT2D eigenvalue weighted by atomic mass is 9.85. The summed E-state index contributed by atoms with van der Waals surface area (Å²) in [6.45, 7) is 12.2. The van der Waals surface area contributed by atoms with Crippen LogP contribution in [0.25, 0.3) is 33.7 Å². The Morgan fingerprint density at radius 2 is 2.00 bits per heavy atom. The lowest BCUT2D eigenvalue weighted by Crippen LogP contribution is -2.31. The first-order valence-electron chi connectivity index (χ1n) is 13.8. The molecular formula is C30H34N8O2. The second-order valence-corrected chi connectivity index (χ2v) is 11.8. The van der Waals surface area contributed by atoms with Crippen LogP contribution in [0.3, 0.4) is 0 Å². The number of rotatable bonds is 5. The van der Waals surface area contributed by atoms with E-state index in [0.29, 0.717) is 11.5 Å². The van der Waals surface area contributed by atoms with Crippen LogP contribution in [-0.4, -0.2) is 40.8 Å². The molecule has 206 valence electrons. The Morgan fingerprint density at radius 3 is 2.73 bits per heavy atom. The normalized spacial score (nSPS) is 15.5. The topological polar surface area (TPSA) is 127 Å². The van der Waals surface area contributed by atoms with Gasteiger partial charge in [-0.15, -0.1) is 0 Å². The quantitative estimate of drug-likeness (QED) is 0.287. The van der Waals surface area contributed by atoms with Gasteiger partial charge in [0, 0.05) is 28.9 Å². The maximum atomic E-state index is 12.9. The van der Waals surface area contributed by atoms with Crippen molar-refractivity contribution in [3.63, 3.8) is 0 Å². The largest absolute Gasteiger partial charge is 0.341 e. The second-order valence-electron chi connectivity index (χ2n) is 11.8. The van der Waals surface area contributed by atoms with Crippen LogP contribution >= 0.6 is 0 Å². The average Bonchev–Trinajstić information content (AvgIpc) is 3.66. The molecule has 0 aliphatic heterocycles. The highest BCUT2D eigenvalue weighted by Gasteiger charge is 2.28. The van der Waals surface area contributed by atoms with E-state index in [0.717, 1.165) is 58.6 Å². The summed E-state index contributed by atoms with van der Waals surface area (Å²) in [5.41, 5.74) is 7.74. The zero-order chi connectivity index (χ0) is 28.2. The zero-order valence-electron chi connectivity index (χ0n) is 23.7. The monoisotopic (exact) mass is 538 g/mol. The molecule has 10 nitrogen and oxygen atoms in total. The number of pyridine rings is 1.